The number of anilines is 1. The second-order valence-corrected chi connectivity index (χ2v) is 5.70. The SMILES string of the molecule is Cn1ccc(C(=O)NC2CN(c3ccc(Br)cn3)C2)n1. The average Bonchev–Trinajstić information content (AvgIpc) is 2.81. The van der Waals surface area contributed by atoms with Crippen LogP contribution in [0.2, 0.25) is 0 Å². The van der Waals surface area contributed by atoms with E-state index >= 15 is 0 Å². The number of carbonyl (C=O) groups is 1. The highest BCUT2D eigenvalue weighted by atomic mass is 79.9. The zero-order valence-electron chi connectivity index (χ0n) is 11.0. The first-order valence-corrected chi connectivity index (χ1v) is 7.08. The molecule has 3 heterocycles. The van der Waals surface area contributed by atoms with E-state index in [0.29, 0.717) is 5.69 Å². The molecule has 1 aliphatic rings. The number of rotatable bonds is 3. The quantitative estimate of drug-likeness (QED) is 0.915. The molecule has 0 spiro atoms. The maximum absolute atomic E-state index is 11.9. The van der Waals surface area contributed by atoms with Gasteiger partial charge in [0.2, 0.25) is 0 Å². The molecule has 0 saturated carbocycles. The second kappa shape index (κ2) is 5.24. The van der Waals surface area contributed by atoms with Gasteiger partial charge in [-0.15, -0.1) is 0 Å². The van der Waals surface area contributed by atoms with E-state index in [1.54, 1.807) is 30.2 Å². The minimum Gasteiger partial charge on any atom is -0.352 e. The van der Waals surface area contributed by atoms with Gasteiger partial charge in [-0.25, -0.2) is 4.98 Å². The van der Waals surface area contributed by atoms with E-state index < -0.39 is 0 Å². The Hall–Kier alpha value is -1.89. The van der Waals surface area contributed by atoms with Crippen molar-refractivity contribution in [2.24, 2.45) is 7.05 Å². The molecule has 104 valence electrons. The lowest BCUT2D eigenvalue weighted by Crippen LogP contribution is -2.59. The molecule has 0 unspecified atom stereocenters. The summed E-state index contributed by atoms with van der Waals surface area (Å²) in [5, 5.41) is 7.05. The van der Waals surface area contributed by atoms with Crippen molar-refractivity contribution in [2.45, 2.75) is 6.04 Å². The number of hydrogen-bond acceptors (Lipinski definition) is 4. The first-order chi connectivity index (χ1) is 9.61. The summed E-state index contributed by atoms with van der Waals surface area (Å²) in [6.45, 7) is 1.54. The molecule has 0 atom stereocenters. The molecule has 3 rings (SSSR count). The summed E-state index contributed by atoms with van der Waals surface area (Å²) in [5.74, 6) is 0.801. The highest BCUT2D eigenvalue weighted by Crippen LogP contribution is 2.20. The van der Waals surface area contributed by atoms with E-state index in [1.807, 2.05) is 12.1 Å². The van der Waals surface area contributed by atoms with E-state index in [-0.39, 0.29) is 11.9 Å². The molecule has 2 aromatic rings. The van der Waals surface area contributed by atoms with Gasteiger partial charge in [0.15, 0.2) is 0 Å². The first-order valence-electron chi connectivity index (χ1n) is 6.29. The van der Waals surface area contributed by atoms with Gasteiger partial charge in [0.25, 0.3) is 5.91 Å². The lowest BCUT2D eigenvalue weighted by Gasteiger charge is -2.40. The number of pyridine rings is 1. The third-order valence-corrected chi connectivity index (χ3v) is 3.67. The molecule has 7 heteroatoms. The maximum Gasteiger partial charge on any atom is 0.272 e. The van der Waals surface area contributed by atoms with E-state index in [4.69, 9.17) is 0 Å². The van der Waals surface area contributed by atoms with Crippen LogP contribution in [0.5, 0.6) is 0 Å². The number of aryl methyl sites for hydroxylation is 1. The van der Waals surface area contributed by atoms with Crippen LogP contribution in [0.4, 0.5) is 5.82 Å². The molecule has 1 fully saturated rings. The number of nitrogens with one attached hydrogen (secondary N) is 1. The number of hydrogen-bond donors (Lipinski definition) is 1. The van der Waals surface area contributed by atoms with Gasteiger partial charge in [0.1, 0.15) is 11.5 Å². The second-order valence-electron chi connectivity index (χ2n) is 4.78. The van der Waals surface area contributed by atoms with Crippen molar-refractivity contribution in [1.82, 2.24) is 20.1 Å². The third kappa shape index (κ3) is 2.67. The van der Waals surface area contributed by atoms with Crippen LogP contribution < -0.4 is 10.2 Å². The Bertz CT molecular complexity index is 618. The largest absolute Gasteiger partial charge is 0.352 e. The highest BCUT2D eigenvalue weighted by Gasteiger charge is 2.29. The van der Waals surface area contributed by atoms with Crippen LogP contribution in [-0.4, -0.2) is 39.8 Å². The summed E-state index contributed by atoms with van der Waals surface area (Å²) in [6.07, 6.45) is 3.53. The van der Waals surface area contributed by atoms with Crippen LogP contribution in [-0.2, 0) is 7.05 Å². The summed E-state index contributed by atoms with van der Waals surface area (Å²) < 4.78 is 2.58. The van der Waals surface area contributed by atoms with Crippen LogP contribution in [0.25, 0.3) is 0 Å². The molecule has 0 bridgehead atoms. The van der Waals surface area contributed by atoms with Gasteiger partial charge in [0, 0.05) is 37.0 Å². The standard InChI is InChI=1S/C13H14BrN5O/c1-18-5-4-11(17-18)13(20)16-10-7-19(8-10)12-3-2-9(14)6-15-12/h2-6,10H,7-8H2,1H3,(H,16,20). The van der Waals surface area contributed by atoms with Gasteiger partial charge in [0.05, 0.1) is 6.04 Å². The predicted octanol–water partition coefficient (Wildman–Crippen LogP) is 1.20. The van der Waals surface area contributed by atoms with Gasteiger partial charge in [-0.1, -0.05) is 0 Å². The Balaban J connectivity index is 1.53. The van der Waals surface area contributed by atoms with Crippen molar-refractivity contribution < 1.29 is 4.79 Å². The lowest BCUT2D eigenvalue weighted by molar-refractivity contribution is 0.0924. The molecule has 0 aromatic carbocycles. The summed E-state index contributed by atoms with van der Waals surface area (Å²) in [7, 11) is 1.79. The van der Waals surface area contributed by atoms with Gasteiger partial charge >= 0.3 is 0 Å². The zero-order valence-corrected chi connectivity index (χ0v) is 12.5. The van der Waals surface area contributed by atoms with E-state index in [0.717, 1.165) is 23.4 Å². The molecule has 1 N–H and O–H groups in total. The summed E-state index contributed by atoms with van der Waals surface area (Å²) in [4.78, 5) is 18.4. The van der Waals surface area contributed by atoms with E-state index in [1.165, 1.54) is 0 Å². The Morgan fingerprint density at radius 1 is 1.40 bits per heavy atom. The smallest absolute Gasteiger partial charge is 0.272 e. The van der Waals surface area contributed by atoms with Crippen molar-refractivity contribution in [1.29, 1.82) is 0 Å². The van der Waals surface area contributed by atoms with Crippen molar-refractivity contribution in [3.05, 3.63) is 40.8 Å². The molecule has 20 heavy (non-hydrogen) atoms. The number of amides is 1. The number of carbonyl (C=O) groups excluding carboxylic acids is 1. The average molecular weight is 336 g/mol. The molecule has 0 aliphatic carbocycles. The maximum atomic E-state index is 11.9. The minimum atomic E-state index is -0.126. The molecule has 1 saturated heterocycles. The fourth-order valence-corrected chi connectivity index (χ4v) is 2.34. The monoisotopic (exact) mass is 335 g/mol. The van der Waals surface area contributed by atoms with Crippen molar-refractivity contribution in [3.63, 3.8) is 0 Å². The van der Waals surface area contributed by atoms with Crippen molar-refractivity contribution in [3.8, 4) is 0 Å². The van der Waals surface area contributed by atoms with Crippen molar-refractivity contribution >= 4 is 27.7 Å². The zero-order chi connectivity index (χ0) is 14.1. The van der Waals surface area contributed by atoms with Crippen LogP contribution in [0.1, 0.15) is 10.5 Å². The van der Waals surface area contributed by atoms with Crippen LogP contribution in [0.15, 0.2) is 35.1 Å². The normalized spacial score (nSPS) is 15.0. The fourth-order valence-electron chi connectivity index (χ4n) is 2.11. The molecule has 1 amide bonds. The molecule has 0 radical (unpaired) electrons. The Labute approximate surface area is 124 Å². The Morgan fingerprint density at radius 2 is 2.20 bits per heavy atom. The summed E-state index contributed by atoms with van der Waals surface area (Å²) in [5.41, 5.74) is 0.452. The molecule has 2 aromatic heterocycles. The van der Waals surface area contributed by atoms with Crippen LogP contribution in [0, 0.1) is 0 Å². The summed E-state index contributed by atoms with van der Waals surface area (Å²) in [6, 6.07) is 5.78. The summed E-state index contributed by atoms with van der Waals surface area (Å²) >= 11 is 3.36. The topological polar surface area (TPSA) is 63.1 Å². The van der Waals surface area contributed by atoms with Crippen LogP contribution >= 0.6 is 15.9 Å². The van der Waals surface area contributed by atoms with Gasteiger partial charge in [-0.2, -0.15) is 5.10 Å². The van der Waals surface area contributed by atoms with Gasteiger partial charge < -0.3 is 10.2 Å². The molecular weight excluding hydrogens is 322 g/mol. The Morgan fingerprint density at radius 3 is 2.80 bits per heavy atom. The molecular formula is C13H14BrN5O. The highest BCUT2D eigenvalue weighted by molar-refractivity contribution is 9.10. The molecule has 1 aliphatic heterocycles. The Kier molecular flexibility index (Phi) is 3.43. The minimum absolute atomic E-state index is 0.126. The van der Waals surface area contributed by atoms with E-state index in [2.05, 4.69) is 36.2 Å². The predicted molar refractivity (Wildman–Crippen MR) is 78.6 cm³/mol. The lowest BCUT2D eigenvalue weighted by atomic mass is 10.1. The van der Waals surface area contributed by atoms with Gasteiger partial charge in [-0.3, -0.25) is 9.48 Å². The third-order valence-electron chi connectivity index (χ3n) is 3.20. The molecule has 6 nitrogen and oxygen atoms in total. The van der Waals surface area contributed by atoms with E-state index in [9.17, 15) is 4.79 Å². The number of halogens is 1. The number of nitrogens with zero attached hydrogens (tertiary/aromatic N) is 4. The van der Waals surface area contributed by atoms with Crippen molar-refractivity contribution in [2.75, 3.05) is 18.0 Å². The number of aromatic nitrogens is 3. The van der Waals surface area contributed by atoms with Crippen LogP contribution in [0.3, 0.4) is 0 Å². The van der Waals surface area contributed by atoms with Gasteiger partial charge in [-0.05, 0) is 34.1 Å². The first kappa shape index (κ1) is 13.1. The fraction of sp³-hybridized carbons (Fsp3) is 0.308.